The molecule has 0 saturated carbocycles. The Labute approximate surface area is 108 Å². The molecular formula is C12H11ClN2OS. The Hall–Kier alpha value is -1.39. The predicted octanol–water partition coefficient (Wildman–Crippen LogP) is 3.29. The average molecular weight is 267 g/mol. The highest BCUT2D eigenvalue weighted by molar-refractivity contribution is 7.08. The first-order chi connectivity index (χ1) is 8.15. The maximum absolute atomic E-state index is 11.8. The van der Waals surface area contributed by atoms with E-state index in [1.165, 1.54) is 0 Å². The largest absolute Gasteiger partial charge is 0.323 e. The Kier molecular flexibility index (Phi) is 3.76. The number of anilines is 1. The number of aryl methyl sites for hydroxylation is 1. The molecule has 0 spiro atoms. The third-order valence-corrected chi connectivity index (χ3v) is 3.23. The molecule has 0 bridgehead atoms. The number of hydrogen-bond acceptors (Lipinski definition) is 3. The number of amides is 1. The van der Waals surface area contributed by atoms with Crippen molar-refractivity contribution < 1.29 is 4.79 Å². The Bertz CT molecular complexity index is 525. The topological polar surface area (TPSA) is 42.0 Å². The number of thiophene rings is 1. The van der Waals surface area contributed by atoms with Crippen LogP contribution in [0.5, 0.6) is 0 Å². The van der Waals surface area contributed by atoms with E-state index in [2.05, 4.69) is 10.3 Å². The Morgan fingerprint density at radius 3 is 3.12 bits per heavy atom. The van der Waals surface area contributed by atoms with E-state index in [0.717, 1.165) is 11.1 Å². The summed E-state index contributed by atoms with van der Waals surface area (Å²) in [6, 6.07) is 3.74. The summed E-state index contributed by atoms with van der Waals surface area (Å²) < 4.78 is 0. The number of pyridine rings is 1. The van der Waals surface area contributed by atoms with Crippen LogP contribution in [0.3, 0.4) is 0 Å². The molecule has 3 nitrogen and oxygen atoms in total. The summed E-state index contributed by atoms with van der Waals surface area (Å²) in [5.74, 6) is -0.0855. The molecule has 0 aliphatic rings. The average Bonchev–Trinajstić information content (AvgIpc) is 2.76. The molecular weight excluding hydrogens is 256 g/mol. The van der Waals surface area contributed by atoms with E-state index in [9.17, 15) is 4.79 Å². The zero-order valence-electron chi connectivity index (χ0n) is 9.24. The van der Waals surface area contributed by atoms with Gasteiger partial charge >= 0.3 is 0 Å². The van der Waals surface area contributed by atoms with Crippen LogP contribution in [-0.4, -0.2) is 10.9 Å². The smallest absolute Gasteiger partial charge is 0.228 e. The Morgan fingerprint density at radius 2 is 2.41 bits per heavy atom. The zero-order chi connectivity index (χ0) is 12.3. The molecule has 0 unspecified atom stereocenters. The van der Waals surface area contributed by atoms with Crippen LogP contribution in [0.15, 0.2) is 29.1 Å². The molecule has 5 heteroatoms. The highest BCUT2D eigenvalue weighted by Gasteiger charge is 2.08. The quantitative estimate of drug-likeness (QED) is 0.867. The van der Waals surface area contributed by atoms with Gasteiger partial charge in [-0.1, -0.05) is 11.6 Å². The maximum Gasteiger partial charge on any atom is 0.228 e. The SMILES string of the molecule is Cc1cnc(Cl)c(NC(=O)Cc2ccsc2)c1. The number of carbonyl (C=O) groups excluding carboxylic acids is 1. The fourth-order valence-corrected chi connectivity index (χ4v) is 2.23. The van der Waals surface area contributed by atoms with Crippen molar-refractivity contribution in [3.63, 3.8) is 0 Å². The molecule has 17 heavy (non-hydrogen) atoms. The number of aromatic nitrogens is 1. The lowest BCUT2D eigenvalue weighted by molar-refractivity contribution is -0.115. The van der Waals surface area contributed by atoms with E-state index in [4.69, 9.17) is 11.6 Å². The highest BCUT2D eigenvalue weighted by atomic mass is 35.5. The van der Waals surface area contributed by atoms with Crippen LogP contribution in [0.25, 0.3) is 0 Å². The summed E-state index contributed by atoms with van der Waals surface area (Å²) in [6.07, 6.45) is 2.02. The minimum atomic E-state index is -0.0855. The van der Waals surface area contributed by atoms with E-state index in [1.807, 2.05) is 23.8 Å². The van der Waals surface area contributed by atoms with Crippen LogP contribution in [0.2, 0.25) is 5.15 Å². The van der Waals surface area contributed by atoms with Gasteiger partial charge in [0.05, 0.1) is 12.1 Å². The third-order valence-electron chi connectivity index (χ3n) is 2.19. The number of carbonyl (C=O) groups is 1. The van der Waals surface area contributed by atoms with Crippen LogP contribution in [0, 0.1) is 6.92 Å². The second kappa shape index (κ2) is 5.29. The number of hydrogen-bond donors (Lipinski definition) is 1. The van der Waals surface area contributed by atoms with Gasteiger partial charge in [0.25, 0.3) is 0 Å². The Morgan fingerprint density at radius 1 is 1.59 bits per heavy atom. The minimum Gasteiger partial charge on any atom is -0.323 e. The van der Waals surface area contributed by atoms with E-state index < -0.39 is 0 Å². The lowest BCUT2D eigenvalue weighted by Gasteiger charge is -2.06. The van der Waals surface area contributed by atoms with Crippen molar-refractivity contribution in [2.45, 2.75) is 13.3 Å². The third kappa shape index (κ3) is 3.28. The molecule has 2 aromatic heterocycles. The minimum absolute atomic E-state index is 0.0855. The van der Waals surface area contributed by atoms with E-state index in [-0.39, 0.29) is 5.91 Å². The van der Waals surface area contributed by atoms with Gasteiger partial charge in [-0.15, -0.1) is 0 Å². The molecule has 88 valence electrons. The molecule has 0 aliphatic heterocycles. The van der Waals surface area contributed by atoms with Crippen LogP contribution in [0.4, 0.5) is 5.69 Å². The molecule has 0 aliphatic carbocycles. The van der Waals surface area contributed by atoms with Gasteiger partial charge in [-0.3, -0.25) is 4.79 Å². The highest BCUT2D eigenvalue weighted by Crippen LogP contribution is 2.20. The predicted molar refractivity (Wildman–Crippen MR) is 70.6 cm³/mol. The molecule has 2 rings (SSSR count). The van der Waals surface area contributed by atoms with Gasteiger partial charge in [-0.05, 0) is 40.9 Å². The van der Waals surface area contributed by atoms with Crippen molar-refractivity contribution in [1.82, 2.24) is 4.98 Å². The van der Waals surface area contributed by atoms with Crippen molar-refractivity contribution in [2.75, 3.05) is 5.32 Å². The van der Waals surface area contributed by atoms with Gasteiger partial charge < -0.3 is 5.32 Å². The number of nitrogens with zero attached hydrogens (tertiary/aromatic N) is 1. The molecule has 2 aromatic rings. The van der Waals surface area contributed by atoms with Gasteiger partial charge in [0.15, 0.2) is 5.15 Å². The summed E-state index contributed by atoms with van der Waals surface area (Å²) in [5, 5.41) is 6.98. The fourth-order valence-electron chi connectivity index (χ4n) is 1.41. The number of rotatable bonds is 3. The molecule has 2 heterocycles. The van der Waals surface area contributed by atoms with Crippen LogP contribution in [-0.2, 0) is 11.2 Å². The molecule has 0 saturated heterocycles. The van der Waals surface area contributed by atoms with Crippen molar-refractivity contribution in [2.24, 2.45) is 0 Å². The van der Waals surface area contributed by atoms with Crippen molar-refractivity contribution in [3.05, 3.63) is 45.4 Å². The molecule has 1 N–H and O–H groups in total. The summed E-state index contributed by atoms with van der Waals surface area (Å²) >= 11 is 7.47. The molecule has 0 atom stereocenters. The normalized spacial score (nSPS) is 10.2. The Balaban J connectivity index is 2.05. The maximum atomic E-state index is 11.8. The van der Waals surface area contributed by atoms with Crippen LogP contribution in [0.1, 0.15) is 11.1 Å². The van der Waals surface area contributed by atoms with Gasteiger partial charge in [-0.2, -0.15) is 11.3 Å². The van der Waals surface area contributed by atoms with Crippen molar-refractivity contribution in [3.8, 4) is 0 Å². The first-order valence-corrected chi connectivity index (χ1v) is 6.40. The van der Waals surface area contributed by atoms with Crippen LogP contribution < -0.4 is 5.32 Å². The van der Waals surface area contributed by atoms with E-state index in [1.54, 1.807) is 23.6 Å². The second-order valence-corrected chi connectivity index (χ2v) is 4.85. The standard InChI is InChI=1S/C12H11ClN2OS/c1-8-4-10(12(13)14-6-8)15-11(16)5-9-2-3-17-7-9/h2-4,6-7H,5H2,1H3,(H,15,16). The molecule has 0 fully saturated rings. The van der Waals surface area contributed by atoms with Crippen molar-refractivity contribution in [1.29, 1.82) is 0 Å². The number of nitrogens with one attached hydrogen (secondary N) is 1. The summed E-state index contributed by atoms with van der Waals surface area (Å²) in [4.78, 5) is 15.7. The lowest BCUT2D eigenvalue weighted by Crippen LogP contribution is -2.14. The first-order valence-electron chi connectivity index (χ1n) is 5.08. The molecule has 0 radical (unpaired) electrons. The van der Waals surface area contributed by atoms with Crippen LogP contribution >= 0.6 is 22.9 Å². The zero-order valence-corrected chi connectivity index (χ0v) is 10.8. The van der Waals surface area contributed by atoms with E-state index >= 15 is 0 Å². The monoisotopic (exact) mass is 266 g/mol. The van der Waals surface area contributed by atoms with Gasteiger partial charge in [-0.25, -0.2) is 4.98 Å². The first kappa shape index (κ1) is 12.1. The van der Waals surface area contributed by atoms with E-state index in [0.29, 0.717) is 17.3 Å². The van der Waals surface area contributed by atoms with Gasteiger partial charge in [0.1, 0.15) is 0 Å². The summed E-state index contributed by atoms with van der Waals surface area (Å²) in [5.41, 5.74) is 2.52. The molecule has 1 amide bonds. The lowest BCUT2D eigenvalue weighted by atomic mass is 10.2. The second-order valence-electron chi connectivity index (χ2n) is 3.71. The summed E-state index contributed by atoms with van der Waals surface area (Å²) in [6.45, 7) is 1.90. The number of halogens is 1. The molecule has 0 aromatic carbocycles. The fraction of sp³-hybridized carbons (Fsp3) is 0.167. The van der Waals surface area contributed by atoms with Gasteiger partial charge in [0, 0.05) is 6.20 Å². The van der Waals surface area contributed by atoms with Crippen molar-refractivity contribution >= 4 is 34.5 Å². The van der Waals surface area contributed by atoms with Gasteiger partial charge in [0.2, 0.25) is 5.91 Å². The summed E-state index contributed by atoms with van der Waals surface area (Å²) in [7, 11) is 0.